The highest BCUT2D eigenvalue weighted by Gasteiger charge is 2.34. The van der Waals surface area contributed by atoms with E-state index in [1.807, 2.05) is 12.1 Å². The third-order valence-electron chi connectivity index (χ3n) is 5.49. The Morgan fingerprint density at radius 1 is 1.17 bits per heavy atom. The van der Waals surface area contributed by atoms with Gasteiger partial charge in [-0.15, -0.1) is 0 Å². The number of nitrogens with one attached hydrogen (secondary N) is 1. The molecular formula is C19H29N3O. The van der Waals surface area contributed by atoms with Crippen LogP contribution >= 0.6 is 0 Å². The summed E-state index contributed by atoms with van der Waals surface area (Å²) in [7, 11) is 0. The maximum Gasteiger partial charge on any atom is 0.251 e. The van der Waals surface area contributed by atoms with E-state index in [4.69, 9.17) is 0 Å². The van der Waals surface area contributed by atoms with Crippen LogP contribution in [0.4, 0.5) is 0 Å². The third kappa shape index (κ3) is 3.93. The van der Waals surface area contributed by atoms with Crippen molar-refractivity contribution in [3.63, 3.8) is 0 Å². The lowest BCUT2D eigenvalue weighted by atomic mass is 9.84. The van der Waals surface area contributed by atoms with Crippen molar-refractivity contribution in [2.45, 2.75) is 39.3 Å². The highest BCUT2D eigenvalue weighted by atomic mass is 16.1. The molecule has 4 nitrogen and oxygen atoms in total. The quantitative estimate of drug-likeness (QED) is 0.875. The predicted octanol–water partition coefficient (Wildman–Crippen LogP) is 2.35. The van der Waals surface area contributed by atoms with Gasteiger partial charge in [-0.2, -0.15) is 0 Å². The van der Waals surface area contributed by atoms with Gasteiger partial charge >= 0.3 is 0 Å². The lowest BCUT2D eigenvalue weighted by Gasteiger charge is -2.44. The zero-order chi connectivity index (χ0) is 16.2. The molecule has 1 amide bonds. The first-order chi connectivity index (χ1) is 11.2. The number of amides is 1. The standard InChI is InChI=1S/C19H29N3O/c1-3-21(4-2)13-15-5-7-17(8-6-15)19(23)20-18-14-22-11-9-16(18)10-12-22/h5-8,16,18H,3-4,9-14H2,1-2H3,(H,20,23). The van der Waals surface area contributed by atoms with Crippen LogP contribution in [0, 0.1) is 5.92 Å². The van der Waals surface area contributed by atoms with Crippen LogP contribution in [0.3, 0.4) is 0 Å². The molecule has 3 aliphatic rings. The number of carbonyl (C=O) groups excluding carboxylic acids is 1. The lowest BCUT2D eigenvalue weighted by Crippen LogP contribution is -2.57. The van der Waals surface area contributed by atoms with E-state index in [1.54, 1.807) is 0 Å². The van der Waals surface area contributed by atoms with Crippen molar-refractivity contribution in [2.24, 2.45) is 5.92 Å². The van der Waals surface area contributed by atoms with Gasteiger partial charge in [-0.05, 0) is 62.6 Å². The number of hydrogen-bond donors (Lipinski definition) is 1. The van der Waals surface area contributed by atoms with Gasteiger partial charge in [-0.25, -0.2) is 0 Å². The number of hydrogen-bond acceptors (Lipinski definition) is 3. The monoisotopic (exact) mass is 315 g/mol. The summed E-state index contributed by atoms with van der Waals surface area (Å²) < 4.78 is 0. The van der Waals surface area contributed by atoms with Crippen LogP contribution in [0.15, 0.2) is 24.3 Å². The summed E-state index contributed by atoms with van der Waals surface area (Å²) in [5, 5.41) is 3.26. The minimum atomic E-state index is 0.0816. The third-order valence-corrected chi connectivity index (χ3v) is 5.49. The summed E-state index contributed by atoms with van der Waals surface area (Å²) in [5.41, 5.74) is 2.05. The molecule has 2 bridgehead atoms. The van der Waals surface area contributed by atoms with Crippen molar-refractivity contribution in [1.82, 2.24) is 15.1 Å². The summed E-state index contributed by atoms with van der Waals surface area (Å²) in [5.74, 6) is 0.754. The average Bonchev–Trinajstić information content (AvgIpc) is 2.61. The second-order valence-corrected chi connectivity index (χ2v) is 6.88. The molecule has 1 aromatic carbocycles. The van der Waals surface area contributed by atoms with Gasteiger partial charge in [0.2, 0.25) is 0 Å². The van der Waals surface area contributed by atoms with Gasteiger partial charge in [0.05, 0.1) is 0 Å². The maximum atomic E-state index is 12.5. The number of fused-ring (bicyclic) bond motifs is 3. The smallest absolute Gasteiger partial charge is 0.251 e. The van der Waals surface area contributed by atoms with E-state index >= 15 is 0 Å². The minimum absolute atomic E-state index is 0.0816. The Morgan fingerprint density at radius 3 is 2.35 bits per heavy atom. The number of piperidine rings is 3. The van der Waals surface area contributed by atoms with Crippen LogP contribution < -0.4 is 5.32 Å². The maximum absolute atomic E-state index is 12.5. The lowest BCUT2D eigenvalue weighted by molar-refractivity contribution is 0.0620. The number of nitrogens with zero attached hydrogens (tertiary/aromatic N) is 2. The second kappa shape index (κ2) is 7.45. The molecule has 23 heavy (non-hydrogen) atoms. The Bertz CT molecular complexity index is 516. The first kappa shape index (κ1) is 16.5. The van der Waals surface area contributed by atoms with Gasteiger partial charge in [-0.3, -0.25) is 9.69 Å². The SMILES string of the molecule is CCN(CC)Cc1ccc(C(=O)NC2CN3CCC2CC3)cc1. The first-order valence-electron chi connectivity index (χ1n) is 9.04. The molecule has 1 aromatic rings. The van der Waals surface area contributed by atoms with Crippen molar-refractivity contribution in [1.29, 1.82) is 0 Å². The first-order valence-corrected chi connectivity index (χ1v) is 9.04. The Hall–Kier alpha value is -1.39. The molecule has 0 aliphatic carbocycles. The van der Waals surface area contributed by atoms with E-state index in [2.05, 4.69) is 41.1 Å². The van der Waals surface area contributed by atoms with Crippen molar-refractivity contribution in [2.75, 3.05) is 32.7 Å². The highest BCUT2D eigenvalue weighted by Crippen LogP contribution is 2.27. The fraction of sp³-hybridized carbons (Fsp3) is 0.632. The highest BCUT2D eigenvalue weighted by molar-refractivity contribution is 5.94. The van der Waals surface area contributed by atoms with Gasteiger partial charge in [0, 0.05) is 24.7 Å². The van der Waals surface area contributed by atoms with E-state index in [1.165, 1.54) is 31.5 Å². The molecule has 3 fully saturated rings. The molecule has 1 atom stereocenters. The van der Waals surface area contributed by atoms with Gasteiger partial charge in [-0.1, -0.05) is 26.0 Å². The second-order valence-electron chi connectivity index (χ2n) is 6.88. The predicted molar refractivity (Wildman–Crippen MR) is 93.5 cm³/mol. The fourth-order valence-corrected chi connectivity index (χ4v) is 3.85. The van der Waals surface area contributed by atoms with Crippen LogP contribution in [-0.4, -0.2) is 54.5 Å². The summed E-state index contributed by atoms with van der Waals surface area (Å²) in [6.07, 6.45) is 2.46. The molecule has 0 aromatic heterocycles. The van der Waals surface area contributed by atoms with Crippen LogP contribution in [0.5, 0.6) is 0 Å². The van der Waals surface area contributed by atoms with Crippen molar-refractivity contribution in [3.8, 4) is 0 Å². The number of rotatable bonds is 6. The van der Waals surface area contributed by atoms with E-state index in [9.17, 15) is 4.79 Å². The van der Waals surface area contributed by atoms with Crippen molar-refractivity contribution >= 4 is 5.91 Å². The molecule has 3 heterocycles. The van der Waals surface area contributed by atoms with E-state index in [0.717, 1.165) is 31.7 Å². The summed E-state index contributed by atoms with van der Waals surface area (Å²) in [4.78, 5) is 17.3. The van der Waals surface area contributed by atoms with Gasteiger partial charge in [0.15, 0.2) is 0 Å². The topological polar surface area (TPSA) is 35.6 Å². The van der Waals surface area contributed by atoms with E-state index in [0.29, 0.717) is 12.0 Å². The van der Waals surface area contributed by atoms with E-state index in [-0.39, 0.29) is 5.91 Å². The fourth-order valence-electron chi connectivity index (χ4n) is 3.85. The Kier molecular flexibility index (Phi) is 5.34. The number of benzene rings is 1. The molecule has 0 radical (unpaired) electrons. The van der Waals surface area contributed by atoms with Gasteiger partial charge < -0.3 is 10.2 Å². The molecule has 4 heteroatoms. The van der Waals surface area contributed by atoms with Crippen LogP contribution in [0.2, 0.25) is 0 Å². The number of carbonyl (C=O) groups is 1. The molecule has 4 rings (SSSR count). The molecule has 1 N–H and O–H groups in total. The van der Waals surface area contributed by atoms with Crippen molar-refractivity contribution < 1.29 is 4.79 Å². The largest absolute Gasteiger partial charge is 0.348 e. The molecule has 3 aliphatic heterocycles. The Morgan fingerprint density at radius 2 is 1.83 bits per heavy atom. The van der Waals surface area contributed by atoms with Gasteiger partial charge in [0.1, 0.15) is 0 Å². The van der Waals surface area contributed by atoms with Crippen LogP contribution in [0.25, 0.3) is 0 Å². The summed E-state index contributed by atoms with van der Waals surface area (Å²) in [6.45, 7) is 10.9. The normalized spacial score (nSPS) is 26.5. The molecule has 0 spiro atoms. The van der Waals surface area contributed by atoms with Crippen LogP contribution in [0.1, 0.15) is 42.6 Å². The zero-order valence-electron chi connectivity index (χ0n) is 14.4. The molecule has 3 saturated heterocycles. The average molecular weight is 315 g/mol. The Labute approximate surface area is 139 Å². The summed E-state index contributed by atoms with van der Waals surface area (Å²) >= 11 is 0. The molecular weight excluding hydrogens is 286 g/mol. The summed E-state index contributed by atoms with van der Waals surface area (Å²) in [6, 6.07) is 8.44. The Balaban J connectivity index is 1.57. The van der Waals surface area contributed by atoms with Crippen molar-refractivity contribution in [3.05, 3.63) is 35.4 Å². The van der Waals surface area contributed by atoms with Gasteiger partial charge in [0.25, 0.3) is 5.91 Å². The molecule has 126 valence electrons. The molecule has 0 saturated carbocycles. The zero-order valence-corrected chi connectivity index (χ0v) is 14.4. The van der Waals surface area contributed by atoms with Crippen LogP contribution in [-0.2, 0) is 6.54 Å². The van der Waals surface area contributed by atoms with E-state index < -0.39 is 0 Å². The molecule has 1 unspecified atom stereocenters. The minimum Gasteiger partial charge on any atom is -0.348 e.